The number of halogens is 5. The molecule has 16 heteroatoms. The van der Waals surface area contributed by atoms with Gasteiger partial charge in [-0.25, -0.2) is 9.67 Å². The van der Waals surface area contributed by atoms with Crippen LogP contribution in [0.15, 0.2) is 34.7 Å². The molecule has 5 atom stereocenters. The number of ether oxygens (including phenoxy) is 2. The molecule has 1 aliphatic rings. The predicted molar refractivity (Wildman–Crippen MR) is 124 cm³/mol. The van der Waals surface area contributed by atoms with Gasteiger partial charge >= 0.3 is 6.18 Å². The molecule has 0 saturated carbocycles. The van der Waals surface area contributed by atoms with Crippen LogP contribution in [0.1, 0.15) is 6.04 Å². The molecule has 1 fully saturated rings. The maximum Gasteiger partial charge on any atom is 0.411 e. The molecule has 4 N–H and O–H groups in total. The number of nitrogen functional groups attached to an aromatic ring is 1. The zero-order valence-corrected chi connectivity index (χ0v) is 20.6. The Morgan fingerprint density at radius 1 is 1.26 bits per heavy atom. The Morgan fingerprint density at radius 3 is 2.66 bits per heavy atom. The summed E-state index contributed by atoms with van der Waals surface area (Å²) in [5, 5.41) is 31.2. The van der Waals surface area contributed by atoms with Crippen molar-refractivity contribution in [3.63, 3.8) is 0 Å². The average molecular weight is 572 g/mol. The van der Waals surface area contributed by atoms with Crippen LogP contribution in [0.5, 0.6) is 0 Å². The minimum Gasteiger partial charge on any atom is -0.394 e. The summed E-state index contributed by atoms with van der Waals surface area (Å²) in [4.78, 5) is 4.63. The van der Waals surface area contributed by atoms with E-state index in [2.05, 4.69) is 15.3 Å². The fraction of sp³-hybridized carbons (Fsp3) is 0.421. The molecule has 2 aromatic heterocycles. The van der Waals surface area contributed by atoms with E-state index in [4.69, 9.17) is 38.4 Å². The third-order valence-electron chi connectivity index (χ3n) is 5.01. The summed E-state index contributed by atoms with van der Waals surface area (Å²) in [6, 6.07) is 3.46. The molecular weight excluding hydrogens is 554 g/mol. The number of aliphatic hydroxyl groups excluding tert-OH is 2. The summed E-state index contributed by atoms with van der Waals surface area (Å²) in [5.74, 6) is 0. The second-order valence-electron chi connectivity index (χ2n) is 7.45. The Labute approximate surface area is 214 Å². The second kappa shape index (κ2) is 10.8. The first-order chi connectivity index (χ1) is 16.6. The van der Waals surface area contributed by atoms with Gasteiger partial charge in [-0.05, 0) is 18.2 Å². The normalized spacial score (nSPS) is 25.2. The van der Waals surface area contributed by atoms with E-state index in [1.807, 2.05) is 0 Å². The Hall–Kier alpha value is -1.65. The molecule has 3 aromatic rings. The molecule has 1 aromatic carbocycles. The highest BCUT2D eigenvalue weighted by molar-refractivity contribution is 7.99. The Morgan fingerprint density at radius 2 is 2.03 bits per heavy atom. The van der Waals surface area contributed by atoms with Gasteiger partial charge in [0.15, 0.2) is 5.13 Å². The number of rotatable bonds is 7. The van der Waals surface area contributed by atoms with E-state index < -0.39 is 49.2 Å². The fourth-order valence-electron chi connectivity index (χ4n) is 3.46. The molecule has 0 amide bonds. The van der Waals surface area contributed by atoms with Crippen LogP contribution < -0.4 is 5.73 Å². The molecule has 0 unspecified atom stereocenters. The zero-order valence-electron chi connectivity index (χ0n) is 17.5. The first kappa shape index (κ1) is 26.4. The summed E-state index contributed by atoms with van der Waals surface area (Å²) < 4.78 is 51.5. The lowest BCUT2D eigenvalue weighted by Crippen LogP contribution is -2.56. The van der Waals surface area contributed by atoms with Crippen LogP contribution in [0.3, 0.4) is 0 Å². The van der Waals surface area contributed by atoms with Crippen molar-refractivity contribution in [3.05, 3.63) is 39.8 Å². The van der Waals surface area contributed by atoms with E-state index >= 15 is 0 Å². The number of aromatic nitrogens is 4. The van der Waals surface area contributed by atoms with Crippen molar-refractivity contribution < 1.29 is 32.9 Å². The van der Waals surface area contributed by atoms with Gasteiger partial charge in [0.1, 0.15) is 47.8 Å². The molecule has 0 radical (unpaired) electrons. The van der Waals surface area contributed by atoms with E-state index in [1.54, 1.807) is 11.4 Å². The van der Waals surface area contributed by atoms with Gasteiger partial charge in [-0.2, -0.15) is 13.2 Å². The van der Waals surface area contributed by atoms with E-state index in [1.165, 1.54) is 34.3 Å². The van der Waals surface area contributed by atoms with E-state index in [0.717, 1.165) is 11.8 Å². The highest BCUT2D eigenvalue weighted by Gasteiger charge is 2.49. The van der Waals surface area contributed by atoms with Gasteiger partial charge < -0.3 is 25.4 Å². The number of thiazole rings is 1. The van der Waals surface area contributed by atoms with Crippen molar-refractivity contribution in [3.8, 4) is 11.4 Å². The molecule has 1 saturated heterocycles. The summed E-state index contributed by atoms with van der Waals surface area (Å²) in [7, 11) is 0. The molecule has 0 spiro atoms. The molecule has 35 heavy (non-hydrogen) atoms. The van der Waals surface area contributed by atoms with Crippen molar-refractivity contribution in [2.24, 2.45) is 0 Å². The lowest BCUT2D eigenvalue weighted by atomic mass is 9.97. The van der Waals surface area contributed by atoms with Gasteiger partial charge in [-0.1, -0.05) is 40.2 Å². The minimum atomic E-state index is -4.65. The van der Waals surface area contributed by atoms with E-state index in [9.17, 15) is 23.4 Å². The first-order valence-electron chi connectivity index (χ1n) is 9.93. The number of hydrogen-bond donors (Lipinski definition) is 3. The Kier molecular flexibility index (Phi) is 8.12. The number of benzene rings is 1. The molecular formula is C19H18Cl2F3N5O4S2. The number of nitrogens with two attached hydrogens (primary N) is 1. The zero-order chi connectivity index (χ0) is 25.3. The van der Waals surface area contributed by atoms with Gasteiger partial charge in [0.2, 0.25) is 0 Å². The molecule has 0 aliphatic carbocycles. The number of hydrogen-bond acceptors (Lipinski definition) is 10. The van der Waals surface area contributed by atoms with Crippen molar-refractivity contribution in [2.45, 2.75) is 40.9 Å². The van der Waals surface area contributed by atoms with Crippen LogP contribution in [0.4, 0.5) is 18.3 Å². The highest BCUT2D eigenvalue weighted by Crippen LogP contribution is 2.41. The van der Waals surface area contributed by atoms with Crippen LogP contribution >= 0.6 is 46.3 Å². The van der Waals surface area contributed by atoms with Crippen LogP contribution in [0.2, 0.25) is 10.0 Å². The van der Waals surface area contributed by atoms with Gasteiger partial charge in [-0.3, -0.25) is 0 Å². The first-order valence-corrected chi connectivity index (χ1v) is 12.4. The van der Waals surface area contributed by atoms with E-state index in [-0.39, 0.29) is 5.02 Å². The number of aliphatic hydroxyl groups is 2. The van der Waals surface area contributed by atoms with Gasteiger partial charge in [0.05, 0.1) is 22.8 Å². The number of anilines is 1. The SMILES string of the molecule is Nc1nc(-c2cn([C@H]3[C@@H](O)[C@@H](CO)O[C@H](Sc4ccc(Cl)c(Cl)c4)[C@@H]3OCC(F)(F)F)nn2)cs1. The maximum atomic E-state index is 13.1. The third-order valence-corrected chi connectivity index (χ3v) is 7.56. The maximum absolute atomic E-state index is 13.1. The molecule has 3 heterocycles. The van der Waals surface area contributed by atoms with Crippen LogP contribution in [-0.2, 0) is 9.47 Å². The van der Waals surface area contributed by atoms with Crippen LogP contribution in [0, 0.1) is 0 Å². The smallest absolute Gasteiger partial charge is 0.394 e. The van der Waals surface area contributed by atoms with Crippen molar-refractivity contribution in [2.75, 3.05) is 18.9 Å². The number of nitrogens with zero attached hydrogens (tertiary/aromatic N) is 4. The summed E-state index contributed by atoms with van der Waals surface area (Å²) in [5.41, 5.74) is 5.27. The third kappa shape index (κ3) is 6.20. The lowest BCUT2D eigenvalue weighted by molar-refractivity contribution is -0.233. The average Bonchev–Trinajstić information content (AvgIpc) is 3.44. The summed E-state index contributed by atoms with van der Waals surface area (Å²) in [6.07, 6.45) is -7.21. The summed E-state index contributed by atoms with van der Waals surface area (Å²) >= 11 is 14.2. The molecule has 0 bridgehead atoms. The fourth-order valence-corrected chi connectivity index (χ4v) is 5.55. The van der Waals surface area contributed by atoms with Crippen molar-refractivity contribution in [1.29, 1.82) is 0 Å². The van der Waals surface area contributed by atoms with Crippen LogP contribution in [0.25, 0.3) is 11.4 Å². The monoisotopic (exact) mass is 571 g/mol. The summed E-state index contributed by atoms with van der Waals surface area (Å²) in [6.45, 7) is -2.21. The Bertz CT molecular complexity index is 1170. The van der Waals surface area contributed by atoms with Crippen molar-refractivity contribution >= 4 is 51.4 Å². The standard InChI is InChI=1S/C19H18Cl2F3N5O4S2/c20-9-2-1-8(3-10(9)21)35-17-16(32-7-19(22,23)24)14(15(31)13(5-30)33-17)29-4-11(27-28-29)12-6-34-18(25)26-12/h1-4,6,13-17,30-31H,5,7H2,(H2,25,26)/t13-,14+,15+,16-,17-/m1/s1. The number of thioether (sulfide) groups is 1. The largest absolute Gasteiger partial charge is 0.411 e. The highest BCUT2D eigenvalue weighted by atomic mass is 35.5. The molecule has 190 valence electrons. The molecule has 4 rings (SSSR count). The number of alkyl halides is 3. The quantitative estimate of drug-likeness (QED) is 0.389. The van der Waals surface area contributed by atoms with E-state index in [0.29, 0.717) is 26.4 Å². The van der Waals surface area contributed by atoms with Crippen LogP contribution in [-0.4, -0.2) is 73.3 Å². The molecule has 1 aliphatic heterocycles. The Balaban J connectivity index is 1.70. The van der Waals surface area contributed by atoms with Gasteiger partial charge in [-0.15, -0.1) is 16.4 Å². The van der Waals surface area contributed by atoms with Crippen molar-refractivity contribution in [1.82, 2.24) is 20.0 Å². The second-order valence-corrected chi connectivity index (χ2v) is 10.3. The minimum absolute atomic E-state index is 0.235. The predicted octanol–water partition coefficient (Wildman–Crippen LogP) is 3.65. The lowest BCUT2D eigenvalue weighted by Gasteiger charge is -2.43. The topological polar surface area (TPSA) is 129 Å². The van der Waals surface area contributed by atoms with Gasteiger partial charge in [0, 0.05) is 10.3 Å². The molecule has 9 nitrogen and oxygen atoms in total. The van der Waals surface area contributed by atoms with Gasteiger partial charge in [0.25, 0.3) is 0 Å².